The minimum Gasteiger partial charge on any atom is -0.383 e. The molecule has 0 aromatic heterocycles. The summed E-state index contributed by atoms with van der Waals surface area (Å²) in [5, 5.41) is 8.74. The maximum absolute atomic E-state index is 11.9. The van der Waals surface area contributed by atoms with E-state index >= 15 is 0 Å². The van der Waals surface area contributed by atoms with Crippen LogP contribution in [-0.4, -0.2) is 33.6 Å². The molecule has 1 aromatic rings. The third-order valence-corrected chi connectivity index (χ3v) is 5.36. The first-order valence-corrected chi connectivity index (χ1v) is 7.98. The van der Waals surface area contributed by atoms with Crippen LogP contribution in [0.4, 0.5) is 0 Å². The predicted molar refractivity (Wildman–Crippen MR) is 72.5 cm³/mol. The van der Waals surface area contributed by atoms with E-state index in [2.05, 4.69) is 6.07 Å². The molecular formula is C14H17NO3S. The minimum absolute atomic E-state index is 0.139. The molecule has 0 N–H and O–H groups in total. The van der Waals surface area contributed by atoms with Crippen molar-refractivity contribution in [1.29, 1.82) is 5.26 Å². The number of methoxy groups -OCH3 is 1. The smallest absolute Gasteiger partial charge is 0.152 e. The fourth-order valence-corrected chi connectivity index (χ4v) is 4.70. The second-order valence-corrected chi connectivity index (χ2v) is 7.39. The summed E-state index contributed by atoms with van der Waals surface area (Å²) in [4.78, 5) is 0. The lowest BCUT2D eigenvalue weighted by molar-refractivity contribution is 0.162. The van der Waals surface area contributed by atoms with Gasteiger partial charge in [-0.2, -0.15) is 5.26 Å². The van der Waals surface area contributed by atoms with Gasteiger partial charge >= 0.3 is 0 Å². The lowest BCUT2D eigenvalue weighted by Gasteiger charge is -2.07. The van der Waals surface area contributed by atoms with Crippen LogP contribution in [-0.2, 0) is 14.6 Å². The van der Waals surface area contributed by atoms with Crippen LogP contribution < -0.4 is 0 Å². The van der Waals surface area contributed by atoms with Crippen LogP contribution in [0.5, 0.6) is 0 Å². The fourth-order valence-electron chi connectivity index (χ4n) is 2.86. The van der Waals surface area contributed by atoms with E-state index in [1.807, 2.05) is 31.2 Å². The average Bonchev–Trinajstić information content (AvgIpc) is 3.00. The standard InChI is InChI=1S/C14H17NO3S/c1-10-4-6-11(7-5-10)12-13(19(3,16)17)14(12,8-15)9-18-2/h4-7,12-13H,9H2,1-3H3/t12-,13-,14-/m1/s1. The maximum atomic E-state index is 11.9. The van der Waals surface area contributed by atoms with E-state index < -0.39 is 20.5 Å². The van der Waals surface area contributed by atoms with Gasteiger partial charge in [-0.25, -0.2) is 8.42 Å². The highest BCUT2D eigenvalue weighted by Crippen LogP contribution is 2.62. The Bertz CT molecular complexity index is 615. The summed E-state index contributed by atoms with van der Waals surface area (Å²) in [6.07, 6.45) is 1.19. The largest absolute Gasteiger partial charge is 0.383 e. The van der Waals surface area contributed by atoms with Crippen molar-refractivity contribution in [2.24, 2.45) is 5.41 Å². The first-order chi connectivity index (χ1) is 8.86. The van der Waals surface area contributed by atoms with Gasteiger partial charge in [0.25, 0.3) is 0 Å². The van der Waals surface area contributed by atoms with Crippen molar-refractivity contribution in [2.75, 3.05) is 20.0 Å². The zero-order valence-electron chi connectivity index (χ0n) is 11.3. The molecule has 0 spiro atoms. The first-order valence-electron chi connectivity index (χ1n) is 6.02. The van der Waals surface area contributed by atoms with Crippen LogP contribution in [0.1, 0.15) is 17.0 Å². The molecule has 4 nitrogen and oxygen atoms in total. The third kappa shape index (κ3) is 2.26. The molecule has 2 rings (SSSR count). The van der Waals surface area contributed by atoms with Gasteiger partial charge in [-0.05, 0) is 12.5 Å². The average molecular weight is 279 g/mol. The number of nitriles is 1. The van der Waals surface area contributed by atoms with Crippen LogP contribution in [0.25, 0.3) is 0 Å². The van der Waals surface area contributed by atoms with Gasteiger partial charge < -0.3 is 4.74 Å². The van der Waals surface area contributed by atoms with Crippen molar-refractivity contribution in [2.45, 2.75) is 18.1 Å². The van der Waals surface area contributed by atoms with Crippen LogP contribution in [0.15, 0.2) is 24.3 Å². The molecule has 0 heterocycles. The number of nitrogens with zero attached hydrogens (tertiary/aromatic N) is 1. The molecular weight excluding hydrogens is 262 g/mol. The molecule has 0 radical (unpaired) electrons. The zero-order chi connectivity index (χ0) is 14.3. The molecule has 3 atom stereocenters. The molecule has 19 heavy (non-hydrogen) atoms. The van der Waals surface area contributed by atoms with Gasteiger partial charge in [0.2, 0.25) is 0 Å². The van der Waals surface area contributed by atoms with Gasteiger partial charge in [-0.1, -0.05) is 29.8 Å². The molecule has 1 aliphatic carbocycles. The maximum Gasteiger partial charge on any atom is 0.152 e. The van der Waals surface area contributed by atoms with E-state index in [-0.39, 0.29) is 12.5 Å². The van der Waals surface area contributed by atoms with Crippen LogP contribution in [0.3, 0.4) is 0 Å². The van der Waals surface area contributed by atoms with E-state index in [0.29, 0.717) is 0 Å². The quantitative estimate of drug-likeness (QED) is 0.840. The summed E-state index contributed by atoms with van der Waals surface area (Å²) in [5.74, 6) is -0.298. The molecule has 1 aliphatic rings. The van der Waals surface area contributed by atoms with E-state index in [9.17, 15) is 13.7 Å². The monoisotopic (exact) mass is 279 g/mol. The van der Waals surface area contributed by atoms with E-state index in [0.717, 1.165) is 11.1 Å². The first kappa shape index (κ1) is 14.0. The molecule has 1 saturated carbocycles. The lowest BCUT2D eigenvalue weighted by Crippen LogP contribution is -2.17. The summed E-state index contributed by atoms with van der Waals surface area (Å²) < 4.78 is 28.8. The number of sulfone groups is 1. The highest BCUT2D eigenvalue weighted by molar-refractivity contribution is 7.91. The fraction of sp³-hybridized carbons (Fsp3) is 0.500. The molecule has 0 bridgehead atoms. The Kier molecular flexibility index (Phi) is 3.41. The Labute approximate surface area is 113 Å². The molecule has 0 saturated heterocycles. The second kappa shape index (κ2) is 4.62. The SMILES string of the molecule is COC[C@]1(C#N)[C@H](c2ccc(C)cc2)[C@H]1S(C)(=O)=O. The van der Waals surface area contributed by atoms with Gasteiger partial charge in [-0.15, -0.1) is 0 Å². The van der Waals surface area contributed by atoms with Crippen LogP contribution in [0.2, 0.25) is 0 Å². The van der Waals surface area contributed by atoms with Gasteiger partial charge in [0.05, 0.1) is 17.9 Å². The van der Waals surface area contributed by atoms with Crippen molar-refractivity contribution >= 4 is 9.84 Å². The van der Waals surface area contributed by atoms with Gasteiger partial charge in [0.1, 0.15) is 5.41 Å². The summed E-state index contributed by atoms with van der Waals surface area (Å²) >= 11 is 0. The topological polar surface area (TPSA) is 67.2 Å². The summed E-state index contributed by atoms with van der Waals surface area (Å²) in [7, 11) is -1.79. The van der Waals surface area contributed by atoms with Crippen LogP contribution in [0, 0.1) is 23.7 Å². The number of hydrogen-bond acceptors (Lipinski definition) is 4. The molecule has 1 aromatic carbocycles. The zero-order valence-corrected chi connectivity index (χ0v) is 12.1. The highest BCUT2D eigenvalue weighted by atomic mass is 32.2. The van der Waals surface area contributed by atoms with E-state index in [1.165, 1.54) is 13.4 Å². The minimum atomic E-state index is -3.28. The Morgan fingerprint density at radius 3 is 2.37 bits per heavy atom. The Morgan fingerprint density at radius 2 is 1.95 bits per heavy atom. The molecule has 1 fully saturated rings. The molecule has 0 amide bonds. The van der Waals surface area contributed by atoms with E-state index in [4.69, 9.17) is 4.74 Å². The molecule has 0 aliphatic heterocycles. The van der Waals surface area contributed by atoms with Crippen LogP contribution >= 0.6 is 0 Å². The lowest BCUT2D eigenvalue weighted by atomic mass is 10.0. The highest BCUT2D eigenvalue weighted by Gasteiger charge is 2.71. The summed E-state index contributed by atoms with van der Waals surface area (Å²) in [6.45, 7) is 2.11. The molecule has 0 unspecified atom stereocenters. The Hall–Kier alpha value is -1.38. The number of hydrogen-bond donors (Lipinski definition) is 0. The van der Waals surface area contributed by atoms with Gasteiger partial charge in [0, 0.05) is 19.3 Å². The van der Waals surface area contributed by atoms with E-state index in [1.54, 1.807) is 0 Å². The third-order valence-electron chi connectivity index (χ3n) is 3.75. The second-order valence-electron chi connectivity index (χ2n) is 5.22. The van der Waals surface area contributed by atoms with Crippen molar-refractivity contribution < 1.29 is 13.2 Å². The Morgan fingerprint density at radius 1 is 1.37 bits per heavy atom. The normalized spacial score (nSPS) is 29.8. The summed E-state index contributed by atoms with van der Waals surface area (Å²) in [6, 6.07) is 9.83. The van der Waals surface area contributed by atoms with Crippen molar-refractivity contribution in [3.63, 3.8) is 0 Å². The number of benzene rings is 1. The summed E-state index contributed by atoms with van der Waals surface area (Å²) in [5.41, 5.74) is 1.05. The van der Waals surface area contributed by atoms with Crippen molar-refractivity contribution in [1.82, 2.24) is 0 Å². The van der Waals surface area contributed by atoms with Gasteiger partial charge in [-0.3, -0.25) is 0 Å². The van der Waals surface area contributed by atoms with Gasteiger partial charge in [0.15, 0.2) is 9.84 Å². The predicted octanol–water partition coefficient (Wildman–Crippen LogP) is 1.66. The Balaban J connectivity index is 2.44. The van der Waals surface area contributed by atoms with Crippen molar-refractivity contribution in [3.05, 3.63) is 35.4 Å². The van der Waals surface area contributed by atoms with Crippen molar-refractivity contribution in [3.8, 4) is 6.07 Å². The number of aryl methyl sites for hydroxylation is 1. The molecule has 102 valence electrons. The molecule has 5 heteroatoms. The number of ether oxygens (including phenoxy) is 1. The number of rotatable bonds is 4.